The molecule has 4 aromatic heterocycles. The van der Waals surface area contributed by atoms with E-state index >= 15 is 0 Å². The van der Waals surface area contributed by atoms with Gasteiger partial charge in [0, 0.05) is 42.1 Å². The summed E-state index contributed by atoms with van der Waals surface area (Å²) in [5.74, 6) is 1.06. The zero-order chi connectivity index (χ0) is 14.4. The molecule has 4 rings (SSSR count). The van der Waals surface area contributed by atoms with Crippen LogP contribution >= 0.6 is 11.6 Å². The molecule has 0 saturated carbocycles. The molecule has 0 unspecified atom stereocenters. The van der Waals surface area contributed by atoms with Crippen LogP contribution in [0.4, 0.5) is 0 Å². The van der Waals surface area contributed by atoms with Crippen molar-refractivity contribution in [3.63, 3.8) is 0 Å². The Morgan fingerprint density at radius 1 is 1.24 bits per heavy atom. The summed E-state index contributed by atoms with van der Waals surface area (Å²) < 4.78 is 8.80. The van der Waals surface area contributed by atoms with Crippen molar-refractivity contribution < 1.29 is 4.74 Å². The highest BCUT2D eigenvalue weighted by atomic mass is 35.5. The second-order valence-electron chi connectivity index (χ2n) is 4.39. The van der Waals surface area contributed by atoms with E-state index in [2.05, 4.69) is 20.1 Å². The maximum Gasteiger partial charge on any atom is 0.244 e. The van der Waals surface area contributed by atoms with E-state index in [9.17, 15) is 0 Å². The van der Waals surface area contributed by atoms with Gasteiger partial charge >= 0.3 is 0 Å². The lowest BCUT2D eigenvalue weighted by Gasteiger charge is -2.05. The second-order valence-corrected chi connectivity index (χ2v) is 4.73. The van der Waals surface area contributed by atoms with Crippen LogP contribution in [-0.4, -0.2) is 36.1 Å². The zero-order valence-electron chi connectivity index (χ0n) is 10.9. The summed E-state index contributed by atoms with van der Waals surface area (Å²) in [5, 5.41) is 4.26. The monoisotopic (exact) mass is 300 g/mol. The lowest BCUT2D eigenvalue weighted by molar-refractivity contribution is 0.399. The fraction of sp³-hybridized carbons (Fsp3) is 0.0769. The van der Waals surface area contributed by atoms with Gasteiger partial charge in [0.2, 0.25) is 16.9 Å². The molecule has 0 aliphatic heterocycles. The molecule has 7 nitrogen and oxygen atoms in total. The van der Waals surface area contributed by atoms with Crippen molar-refractivity contribution in [2.45, 2.75) is 0 Å². The van der Waals surface area contributed by atoms with Gasteiger partial charge in [0.1, 0.15) is 5.52 Å². The number of nitrogens with zero attached hydrogens (tertiary/aromatic N) is 6. The molecule has 4 heterocycles. The average molecular weight is 301 g/mol. The number of methoxy groups -OCH3 is 1. The number of hydrogen-bond donors (Lipinski definition) is 0. The molecular weight excluding hydrogens is 292 g/mol. The van der Waals surface area contributed by atoms with Crippen molar-refractivity contribution in [1.82, 2.24) is 29.0 Å². The fourth-order valence-corrected chi connectivity index (χ4v) is 2.46. The van der Waals surface area contributed by atoms with E-state index < -0.39 is 0 Å². The third-order valence-electron chi connectivity index (χ3n) is 3.20. The maximum atomic E-state index is 5.87. The van der Waals surface area contributed by atoms with Gasteiger partial charge in [0.25, 0.3) is 0 Å². The number of rotatable bonds is 2. The van der Waals surface area contributed by atoms with E-state index in [-0.39, 0.29) is 5.28 Å². The molecule has 0 atom stereocenters. The fourth-order valence-electron chi connectivity index (χ4n) is 2.30. The normalized spacial score (nSPS) is 11.3. The third-order valence-corrected chi connectivity index (χ3v) is 3.36. The van der Waals surface area contributed by atoms with Gasteiger partial charge in [-0.3, -0.25) is 4.40 Å². The summed E-state index contributed by atoms with van der Waals surface area (Å²) in [7, 11) is 1.55. The van der Waals surface area contributed by atoms with Gasteiger partial charge in [-0.25, -0.2) is 14.5 Å². The Morgan fingerprint density at radius 2 is 2.14 bits per heavy atom. The summed E-state index contributed by atoms with van der Waals surface area (Å²) >= 11 is 5.87. The van der Waals surface area contributed by atoms with Crippen LogP contribution in [-0.2, 0) is 0 Å². The summed E-state index contributed by atoms with van der Waals surface area (Å²) in [5.41, 5.74) is 2.56. The van der Waals surface area contributed by atoms with E-state index in [0.717, 1.165) is 16.6 Å². The SMILES string of the molecule is COc1nc(Cl)nn2ccc(-c3cnc4nccn4c3)c12. The molecule has 104 valence electrons. The molecule has 0 aromatic carbocycles. The quantitative estimate of drug-likeness (QED) is 0.567. The molecule has 0 radical (unpaired) electrons. The third kappa shape index (κ3) is 1.82. The Kier molecular flexibility index (Phi) is 2.55. The molecular formula is C13H9ClN6O. The largest absolute Gasteiger partial charge is 0.479 e. The van der Waals surface area contributed by atoms with E-state index in [4.69, 9.17) is 16.3 Å². The first-order chi connectivity index (χ1) is 10.3. The molecule has 0 spiro atoms. The predicted octanol–water partition coefficient (Wildman–Crippen LogP) is 2.10. The number of ether oxygens (including phenoxy) is 1. The Labute approximate surface area is 123 Å². The van der Waals surface area contributed by atoms with Crippen LogP contribution in [0.3, 0.4) is 0 Å². The molecule has 0 amide bonds. The number of hydrogen-bond acceptors (Lipinski definition) is 5. The first-order valence-electron chi connectivity index (χ1n) is 6.14. The van der Waals surface area contributed by atoms with E-state index in [0.29, 0.717) is 11.7 Å². The molecule has 0 N–H and O–H groups in total. The Hall–Kier alpha value is -2.67. The molecule has 0 aliphatic carbocycles. The average Bonchev–Trinajstić information content (AvgIpc) is 3.11. The van der Waals surface area contributed by atoms with Crippen molar-refractivity contribution in [3.05, 3.63) is 42.3 Å². The van der Waals surface area contributed by atoms with Gasteiger partial charge in [-0.2, -0.15) is 4.98 Å². The first kappa shape index (κ1) is 12.1. The van der Waals surface area contributed by atoms with Crippen LogP contribution < -0.4 is 4.74 Å². The molecule has 0 saturated heterocycles. The van der Waals surface area contributed by atoms with E-state index in [1.54, 1.807) is 30.2 Å². The number of fused-ring (bicyclic) bond motifs is 2. The van der Waals surface area contributed by atoms with Gasteiger partial charge in [-0.1, -0.05) is 0 Å². The first-order valence-corrected chi connectivity index (χ1v) is 6.52. The van der Waals surface area contributed by atoms with Gasteiger partial charge in [0.05, 0.1) is 7.11 Å². The van der Waals surface area contributed by atoms with E-state index in [1.165, 1.54) is 0 Å². The highest BCUT2D eigenvalue weighted by Gasteiger charge is 2.14. The van der Waals surface area contributed by atoms with Crippen molar-refractivity contribution in [2.24, 2.45) is 0 Å². The van der Waals surface area contributed by atoms with Crippen LogP contribution in [0.15, 0.2) is 37.1 Å². The van der Waals surface area contributed by atoms with Gasteiger partial charge in [0.15, 0.2) is 0 Å². The summed E-state index contributed by atoms with van der Waals surface area (Å²) in [6.45, 7) is 0. The van der Waals surface area contributed by atoms with Crippen LogP contribution in [0, 0.1) is 0 Å². The molecule has 8 heteroatoms. The van der Waals surface area contributed by atoms with Gasteiger partial charge < -0.3 is 4.74 Å². The lowest BCUT2D eigenvalue weighted by atomic mass is 10.1. The van der Waals surface area contributed by atoms with Crippen LogP contribution in [0.5, 0.6) is 5.88 Å². The predicted molar refractivity (Wildman–Crippen MR) is 76.5 cm³/mol. The highest BCUT2D eigenvalue weighted by Crippen LogP contribution is 2.30. The Morgan fingerprint density at radius 3 is 3.00 bits per heavy atom. The number of imidazole rings is 1. The Balaban J connectivity index is 2.01. The smallest absolute Gasteiger partial charge is 0.244 e. The molecule has 0 fully saturated rings. The lowest BCUT2D eigenvalue weighted by Crippen LogP contribution is -1.99. The van der Waals surface area contributed by atoms with Gasteiger partial charge in [-0.15, -0.1) is 5.10 Å². The highest BCUT2D eigenvalue weighted by molar-refractivity contribution is 6.28. The molecule has 0 bridgehead atoms. The van der Waals surface area contributed by atoms with Crippen molar-refractivity contribution in [1.29, 1.82) is 0 Å². The summed E-state index contributed by atoms with van der Waals surface area (Å²) in [4.78, 5) is 12.5. The van der Waals surface area contributed by atoms with Gasteiger partial charge in [-0.05, 0) is 17.7 Å². The minimum atomic E-state index is 0.129. The molecule has 21 heavy (non-hydrogen) atoms. The summed E-state index contributed by atoms with van der Waals surface area (Å²) in [6, 6.07) is 1.92. The molecule has 4 aromatic rings. The van der Waals surface area contributed by atoms with E-state index in [1.807, 2.05) is 22.9 Å². The minimum absolute atomic E-state index is 0.129. The Bertz CT molecular complexity index is 960. The summed E-state index contributed by atoms with van der Waals surface area (Å²) in [6.07, 6.45) is 9.05. The maximum absolute atomic E-state index is 5.87. The van der Waals surface area contributed by atoms with Crippen molar-refractivity contribution >= 4 is 22.9 Å². The zero-order valence-corrected chi connectivity index (χ0v) is 11.7. The second kappa shape index (κ2) is 4.42. The molecule has 0 aliphatic rings. The standard InChI is InChI=1S/C13H9ClN6O/c1-21-11-10-9(2-4-20(10)18-12(14)17-11)8-6-16-13-15-3-5-19(13)7-8/h2-7H,1H3. The minimum Gasteiger partial charge on any atom is -0.479 e. The number of aromatic nitrogens is 6. The van der Waals surface area contributed by atoms with Crippen LogP contribution in [0.25, 0.3) is 22.4 Å². The van der Waals surface area contributed by atoms with Crippen molar-refractivity contribution in [3.8, 4) is 17.0 Å². The number of halogens is 1. The van der Waals surface area contributed by atoms with Crippen LogP contribution in [0.1, 0.15) is 0 Å². The topological polar surface area (TPSA) is 69.6 Å². The van der Waals surface area contributed by atoms with Crippen molar-refractivity contribution in [2.75, 3.05) is 7.11 Å². The van der Waals surface area contributed by atoms with Crippen LogP contribution in [0.2, 0.25) is 5.28 Å².